The van der Waals surface area contributed by atoms with Gasteiger partial charge in [0.25, 0.3) is 5.56 Å². The minimum atomic E-state index is -0.701. The summed E-state index contributed by atoms with van der Waals surface area (Å²) >= 11 is 3.24. The number of thiazole rings is 1. The van der Waals surface area contributed by atoms with Crippen molar-refractivity contribution in [1.82, 2.24) is 4.57 Å². The quantitative estimate of drug-likeness (QED) is 0.321. The van der Waals surface area contributed by atoms with E-state index in [1.165, 1.54) is 23.0 Å². The van der Waals surface area contributed by atoms with Gasteiger partial charge in [0.15, 0.2) is 16.3 Å². The van der Waals surface area contributed by atoms with Crippen molar-refractivity contribution in [2.75, 3.05) is 20.3 Å². The maximum absolute atomic E-state index is 13.7. The number of methoxy groups -OCH3 is 1. The zero-order valence-electron chi connectivity index (χ0n) is 20.2. The van der Waals surface area contributed by atoms with Crippen LogP contribution in [0.3, 0.4) is 0 Å². The molecule has 0 amide bonds. The van der Waals surface area contributed by atoms with E-state index in [-0.39, 0.29) is 17.9 Å². The molecule has 4 rings (SSSR count). The summed E-state index contributed by atoms with van der Waals surface area (Å²) in [4.78, 5) is 31.8. The first-order valence-electron chi connectivity index (χ1n) is 11.3. The van der Waals surface area contributed by atoms with E-state index in [4.69, 9.17) is 14.2 Å². The van der Waals surface area contributed by atoms with Crippen molar-refractivity contribution in [1.29, 1.82) is 0 Å². The second-order valence-electron chi connectivity index (χ2n) is 7.86. The minimum Gasteiger partial charge on any atom is -0.504 e. The van der Waals surface area contributed by atoms with Gasteiger partial charge in [-0.1, -0.05) is 23.5 Å². The number of halogens is 1. The lowest BCUT2D eigenvalue weighted by Gasteiger charge is -2.24. The van der Waals surface area contributed by atoms with E-state index >= 15 is 0 Å². The number of fused-ring (bicyclic) bond motifs is 1. The van der Waals surface area contributed by atoms with Crippen molar-refractivity contribution in [2.24, 2.45) is 4.99 Å². The minimum absolute atomic E-state index is 0.0434. The Hall–Kier alpha value is -3.12. The molecule has 1 aliphatic heterocycles. The summed E-state index contributed by atoms with van der Waals surface area (Å²) in [7, 11) is 1.47. The maximum Gasteiger partial charge on any atom is 0.338 e. The van der Waals surface area contributed by atoms with Gasteiger partial charge in [0.1, 0.15) is 5.75 Å². The van der Waals surface area contributed by atoms with Crippen LogP contribution in [0.5, 0.6) is 17.2 Å². The number of rotatable bonds is 7. The van der Waals surface area contributed by atoms with Crippen molar-refractivity contribution in [3.8, 4) is 17.2 Å². The maximum atomic E-state index is 13.7. The molecule has 188 valence electrons. The largest absolute Gasteiger partial charge is 0.504 e. The number of carbonyl (C=O) groups excluding carboxylic acids is 1. The lowest BCUT2D eigenvalue weighted by atomic mass is 9.96. The number of aromatic nitrogens is 1. The van der Waals surface area contributed by atoms with Gasteiger partial charge in [0, 0.05) is 0 Å². The average Bonchev–Trinajstić information content (AvgIpc) is 3.15. The van der Waals surface area contributed by atoms with Crippen molar-refractivity contribution in [2.45, 2.75) is 26.8 Å². The smallest absolute Gasteiger partial charge is 0.338 e. The Bertz CT molecular complexity index is 1520. The van der Waals surface area contributed by atoms with Gasteiger partial charge in [0.05, 0.1) is 45.7 Å². The number of allylic oxidation sites excluding steroid dienone is 1. The highest BCUT2D eigenvalue weighted by Crippen LogP contribution is 2.33. The molecule has 0 bridgehead atoms. The summed E-state index contributed by atoms with van der Waals surface area (Å²) in [5.74, 6) is 0.545. The van der Waals surface area contributed by atoms with Gasteiger partial charge in [-0.25, -0.2) is 9.79 Å². The van der Waals surface area contributed by atoms with Crippen LogP contribution in [0.25, 0.3) is 6.08 Å². The van der Waals surface area contributed by atoms with Crippen LogP contribution in [-0.4, -0.2) is 36.0 Å². The van der Waals surface area contributed by atoms with Gasteiger partial charge in [-0.05, 0) is 84.8 Å². The predicted octanol–water partition coefficient (Wildman–Crippen LogP) is 3.52. The molecule has 0 saturated carbocycles. The second-order valence-corrected chi connectivity index (χ2v) is 10.0. The summed E-state index contributed by atoms with van der Waals surface area (Å²) in [6, 6.07) is 10.0. The highest BCUT2D eigenvalue weighted by molar-refractivity contribution is 14.1. The molecule has 8 nitrogen and oxygen atoms in total. The Labute approximate surface area is 225 Å². The molecule has 1 aromatic heterocycles. The summed E-state index contributed by atoms with van der Waals surface area (Å²) in [6.45, 7) is 6.13. The first kappa shape index (κ1) is 26.0. The molecule has 0 spiro atoms. The third-order valence-corrected chi connectivity index (χ3v) is 7.40. The number of phenols is 1. The Morgan fingerprint density at radius 2 is 1.94 bits per heavy atom. The molecule has 2 aromatic carbocycles. The molecule has 2 heterocycles. The number of benzene rings is 2. The predicted molar refractivity (Wildman–Crippen MR) is 145 cm³/mol. The van der Waals surface area contributed by atoms with E-state index in [2.05, 4.69) is 4.99 Å². The van der Waals surface area contributed by atoms with Crippen LogP contribution in [0.15, 0.2) is 57.5 Å². The Kier molecular flexibility index (Phi) is 7.84. The molecule has 1 aliphatic rings. The third kappa shape index (κ3) is 4.92. The van der Waals surface area contributed by atoms with Crippen LogP contribution in [0, 0.1) is 3.57 Å². The first-order valence-corrected chi connectivity index (χ1v) is 13.2. The van der Waals surface area contributed by atoms with E-state index in [9.17, 15) is 14.7 Å². The molecule has 0 radical (unpaired) electrons. The van der Waals surface area contributed by atoms with E-state index in [0.717, 1.165) is 5.56 Å². The van der Waals surface area contributed by atoms with Gasteiger partial charge in [-0.15, -0.1) is 0 Å². The van der Waals surface area contributed by atoms with Gasteiger partial charge in [0.2, 0.25) is 0 Å². The van der Waals surface area contributed by atoms with E-state index in [0.29, 0.717) is 47.8 Å². The fraction of sp³-hybridized carbons (Fsp3) is 0.269. The van der Waals surface area contributed by atoms with Crippen molar-refractivity contribution in [3.63, 3.8) is 0 Å². The fourth-order valence-electron chi connectivity index (χ4n) is 4.00. The fourth-order valence-corrected chi connectivity index (χ4v) is 5.68. The van der Waals surface area contributed by atoms with Gasteiger partial charge < -0.3 is 19.3 Å². The SMILES string of the molecule is CCOC(=O)C1=C(C)N=c2sc(=Cc3cc(I)c(O)c(OC)c3)c(=O)n2C1c1ccc(OCC)cc1. The zero-order chi connectivity index (χ0) is 26.0. The van der Waals surface area contributed by atoms with E-state index in [1.54, 1.807) is 32.1 Å². The second kappa shape index (κ2) is 10.9. The standard InChI is InChI=1S/C26H25IN2O6S/c1-5-34-17-9-7-16(8-10-17)22-21(25(32)35-6-2)14(3)28-26-29(22)24(31)20(36-26)13-15-11-18(27)23(30)19(12-15)33-4/h7-13,22,30H,5-6H2,1-4H3. The molecule has 1 N–H and O–H groups in total. The number of aromatic hydroxyl groups is 1. The highest BCUT2D eigenvalue weighted by Gasteiger charge is 2.33. The lowest BCUT2D eigenvalue weighted by molar-refractivity contribution is -0.139. The summed E-state index contributed by atoms with van der Waals surface area (Å²) in [5, 5.41) is 10.2. The topological polar surface area (TPSA) is 99.4 Å². The van der Waals surface area contributed by atoms with Crippen LogP contribution in [-0.2, 0) is 9.53 Å². The molecule has 3 aromatic rings. The number of carbonyl (C=O) groups is 1. The van der Waals surface area contributed by atoms with Crippen molar-refractivity contribution < 1.29 is 24.1 Å². The number of esters is 1. The van der Waals surface area contributed by atoms with E-state index in [1.807, 2.05) is 53.8 Å². The Morgan fingerprint density at radius 1 is 1.22 bits per heavy atom. The van der Waals surface area contributed by atoms with Crippen LogP contribution < -0.4 is 24.4 Å². The molecule has 10 heteroatoms. The summed E-state index contributed by atoms with van der Waals surface area (Å²) < 4.78 is 18.7. The van der Waals surface area contributed by atoms with Crippen LogP contribution in [0.1, 0.15) is 37.9 Å². The third-order valence-electron chi connectivity index (χ3n) is 5.59. The Morgan fingerprint density at radius 3 is 2.58 bits per heavy atom. The van der Waals surface area contributed by atoms with Crippen molar-refractivity contribution >= 4 is 46.0 Å². The van der Waals surface area contributed by atoms with Gasteiger partial charge >= 0.3 is 5.97 Å². The molecule has 1 unspecified atom stereocenters. The number of hydrogen-bond donors (Lipinski definition) is 1. The highest BCUT2D eigenvalue weighted by atomic mass is 127. The molecule has 36 heavy (non-hydrogen) atoms. The first-order chi connectivity index (χ1) is 17.3. The molecule has 0 aliphatic carbocycles. The molecule has 0 saturated heterocycles. The summed E-state index contributed by atoms with van der Waals surface area (Å²) in [6.07, 6.45) is 1.73. The van der Waals surface area contributed by atoms with Crippen LogP contribution in [0.2, 0.25) is 0 Å². The number of nitrogens with zero attached hydrogens (tertiary/aromatic N) is 2. The molecular weight excluding hydrogens is 595 g/mol. The van der Waals surface area contributed by atoms with Crippen LogP contribution in [0.4, 0.5) is 0 Å². The molecule has 1 atom stereocenters. The molecule has 0 fully saturated rings. The molecular formula is C26H25IN2O6S. The summed E-state index contributed by atoms with van der Waals surface area (Å²) in [5.41, 5.74) is 1.97. The monoisotopic (exact) mass is 620 g/mol. The normalized spacial score (nSPS) is 15.4. The van der Waals surface area contributed by atoms with Crippen molar-refractivity contribution in [3.05, 3.63) is 82.1 Å². The Balaban J connectivity index is 1.92. The number of hydrogen-bond acceptors (Lipinski definition) is 8. The number of phenolic OH excluding ortho intramolecular Hbond substituents is 1. The number of ether oxygens (including phenoxy) is 3. The van der Waals surface area contributed by atoms with Gasteiger partial charge in [-0.2, -0.15) is 0 Å². The zero-order valence-corrected chi connectivity index (χ0v) is 23.2. The van der Waals surface area contributed by atoms with Gasteiger partial charge in [-0.3, -0.25) is 9.36 Å². The average molecular weight is 620 g/mol. The van der Waals surface area contributed by atoms with Crippen LogP contribution >= 0.6 is 33.9 Å². The van der Waals surface area contributed by atoms with E-state index < -0.39 is 12.0 Å². The lowest BCUT2D eigenvalue weighted by Crippen LogP contribution is -2.39.